The minimum atomic E-state index is -1.02. The van der Waals surface area contributed by atoms with E-state index in [1.165, 1.54) is 5.56 Å². The lowest BCUT2D eigenvalue weighted by Gasteiger charge is -2.40. The van der Waals surface area contributed by atoms with Crippen LogP contribution in [0.1, 0.15) is 83.3 Å². The molecule has 6 atom stereocenters. The predicted octanol–water partition coefficient (Wildman–Crippen LogP) is 4.30. The summed E-state index contributed by atoms with van der Waals surface area (Å²) in [4.78, 5) is 22.9. The number of fused-ring (bicyclic) bond motifs is 2. The highest BCUT2D eigenvalue weighted by molar-refractivity contribution is 5.72. The van der Waals surface area contributed by atoms with Crippen molar-refractivity contribution in [2.24, 2.45) is 17.3 Å². The molecule has 0 bridgehead atoms. The molecule has 0 aromatic heterocycles. The molecule has 1 aromatic rings. The highest BCUT2D eigenvalue weighted by Gasteiger charge is 2.52. The summed E-state index contributed by atoms with van der Waals surface area (Å²) in [5.74, 6) is -0.295. The number of hydrogen-bond acceptors (Lipinski definition) is 6. The van der Waals surface area contributed by atoms with E-state index in [1.54, 1.807) is 6.92 Å². The van der Waals surface area contributed by atoms with E-state index >= 15 is 0 Å². The number of hydrogen-bond donors (Lipinski definition) is 3. The van der Waals surface area contributed by atoms with Crippen molar-refractivity contribution in [3.8, 4) is 5.75 Å². The fourth-order valence-corrected chi connectivity index (χ4v) is 6.09. The Kier molecular flexibility index (Phi) is 9.59. The molecule has 0 aliphatic heterocycles. The first kappa shape index (κ1) is 27.5. The maximum atomic E-state index is 12.1. The molecule has 0 heterocycles. The SMILES string of the molecule is CCCCC[C@H](O)CCC1(C)C2Cc3cccc(OCC(=O)OC(C)CC(=O)O)c3C[C@H]2C[C@H]1O. The van der Waals surface area contributed by atoms with Crippen molar-refractivity contribution in [3.63, 3.8) is 0 Å². The predicted molar refractivity (Wildman–Crippen MR) is 132 cm³/mol. The lowest BCUT2D eigenvalue weighted by atomic mass is 9.66. The molecule has 0 spiro atoms. The van der Waals surface area contributed by atoms with Gasteiger partial charge in [-0.25, -0.2) is 4.79 Å². The van der Waals surface area contributed by atoms with Crippen LogP contribution in [0.4, 0.5) is 0 Å². The van der Waals surface area contributed by atoms with Gasteiger partial charge in [-0.1, -0.05) is 45.2 Å². The monoisotopic (exact) mass is 490 g/mol. The third-order valence-corrected chi connectivity index (χ3v) is 8.14. The van der Waals surface area contributed by atoms with E-state index in [9.17, 15) is 19.8 Å². The van der Waals surface area contributed by atoms with Crippen molar-refractivity contribution in [1.29, 1.82) is 0 Å². The average Bonchev–Trinajstić information content (AvgIpc) is 3.04. The van der Waals surface area contributed by atoms with Crippen LogP contribution in [0.5, 0.6) is 5.75 Å². The number of unbranched alkanes of at least 4 members (excludes halogenated alkanes) is 2. The smallest absolute Gasteiger partial charge is 0.344 e. The number of aliphatic carboxylic acids is 1. The van der Waals surface area contributed by atoms with E-state index in [0.717, 1.165) is 63.4 Å². The highest BCUT2D eigenvalue weighted by Crippen LogP contribution is 2.55. The number of carboxylic acid groups (broad SMARTS) is 1. The van der Waals surface area contributed by atoms with Crippen molar-refractivity contribution in [2.75, 3.05) is 6.61 Å². The maximum absolute atomic E-state index is 12.1. The molecule has 1 aromatic carbocycles. The molecule has 1 fully saturated rings. The Balaban J connectivity index is 1.62. The topological polar surface area (TPSA) is 113 Å². The Morgan fingerprint density at radius 3 is 2.69 bits per heavy atom. The number of carbonyl (C=O) groups excluding carboxylic acids is 1. The first-order chi connectivity index (χ1) is 16.6. The Bertz CT molecular complexity index is 869. The molecule has 2 aliphatic carbocycles. The lowest BCUT2D eigenvalue weighted by molar-refractivity contribution is -0.153. The zero-order chi connectivity index (χ0) is 25.6. The lowest BCUT2D eigenvalue weighted by Crippen LogP contribution is -2.37. The van der Waals surface area contributed by atoms with E-state index in [4.69, 9.17) is 14.6 Å². The van der Waals surface area contributed by atoms with Gasteiger partial charge in [0, 0.05) is 0 Å². The Morgan fingerprint density at radius 1 is 1.20 bits per heavy atom. The summed E-state index contributed by atoms with van der Waals surface area (Å²) in [5.41, 5.74) is 2.03. The van der Waals surface area contributed by atoms with Crippen LogP contribution in [0, 0.1) is 17.3 Å². The van der Waals surface area contributed by atoms with Gasteiger partial charge in [-0.3, -0.25) is 4.79 Å². The summed E-state index contributed by atoms with van der Waals surface area (Å²) in [7, 11) is 0. The largest absolute Gasteiger partial charge is 0.482 e. The minimum absolute atomic E-state index is 0.227. The van der Waals surface area contributed by atoms with Gasteiger partial charge in [0.2, 0.25) is 0 Å². The van der Waals surface area contributed by atoms with E-state index in [0.29, 0.717) is 17.6 Å². The van der Waals surface area contributed by atoms with Crippen molar-refractivity contribution in [3.05, 3.63) is 29.3 Å². The molecular weight excluding hydrogens is 448 g/mol. The fourth-order valence-electron chi connectivity index (χ4n) is 6.09. The number of rotatable bonds is 13. The zero-order valence-electron chi connectivity index (χ0n) is 21.4. The van der Waals surface area contributed by atoms with Crippen LogP contribution in [0.15, 0.2) is 18.2 Å². The number of aliphatic hydroxyl groups is 2. The molecule has 3 N–H and O–H groups in total. The summed E-state index contributed by atoms with van der Waals surface area (Å²) in [6.07, 6.45) is 6.39. The third-order valence-electron chi connectivity index (χ3n) is 8.14. The maximum Gasteiger partial charge on any atom is 0.344 e. The van der Waals surface area contributed by atoms with Crippen LogP contribution >= 0.6 is 0 Å². The van der Waals surface area contributed by atoms with Gasteiger partial charge in [0.25, 0.3) is 0 Å². The van der Waals surface area contributed by atoms with E-state index in [1.807, 2.05) is 12.1 Å². The summed E-state index contributed by atoms with van der Waals surface area (Å²) in [5, 5.41) is 30.3. The Morgan fingerprint density at radius 2 is 1.97 bits per heavy atom. The van der Waals surface area contributed by atoms with Gasteiger partial charge in [-0.2, -0.15) is 0 Å². The number of carbonyl (C=O) groups is 2. The molecule has 1 saturated carbocycles. The van der Waals surface area contributed by atoms with Gasteiger partial charge in [0.05, 0.1) is 18.6 Å². The molecule has 2 aliphatic rings. The van der Waals surface area contributed by atoms with Crippen molar-refractivity contribution >= 4 is 11.9 Å². The summed E-state index contributed by atoms with van der Waals surface area (Å²) in [6.45, 7) is 5.61. The van der Waals surface area contributed by atoms with Crippen molar-refractivity contribution < 1.29 is 34.4 Å². The standard InChI is InChI=1S/C28H42O7/c1-4-5-6-9-21(29)11-12-28(3)23-15-19-8-7-10-24(22(19)14-20(23)16-25(28)30)34-17-27(33)35-18(2)13-26(31)32/h7-8,10,18,20-21,23,25,29-30H,4-6,9,11-17H2,1-3H3,(H,31,32)/t18?,20-,21-,23?,25+,28?/m0/s1. The second-order valence-corrected chi connectivity index (χ2v) is 10.8. The van der Waals surface area contributed by atoms with Crippen LogP contribution in [0.3, 0.4) is 0 Å². The highest BCUT2D eigenvalue weighted by atomic mass is 16.6. The molecule has 3 unspecified atom stereocenters. The molecule has 7 heteroatoms. The van der Waals surface area contributed by atoms with Gasteiger partial charge in [0.1, 0.15) is 11.9 Å². The second-order valence-electron chi connectivity index (χ2n) is 10.8. The molecule has 35 heavy (non-hydrogen) atoms. The molecule has 0 radical (unpaired) electrons. The van der Waals surface area contributed by atoms with E-state index in [2.05, 4.69) is 19.9 Å². The number of aliphatic hydroxyl groups excluding tert-OH is 2. The summed E-state index contributed by atoms with van der Waals surface area (Å²) < 4.78 is 10.9. The summed E-state index contributed by atoms with van der Waals surface area (Å²) in [6, 6.07) is 5.87. The van der Waals surface area contributed by atoms with Crippen molar-refractivity contribution in [2.45, 2.75) is 103 Å². The first-order valence-corrected chi connectivity index (χ1v) is 13.1. The van der Waals surface area contributed by atoms with Crippen LogP contribution in [0.25, 0.3) is 0 Å². The van der Waals surface area contributed by atoms with Crippen molar-refractivity contribution in [1.82, 2.24) is 0 Å². The summed E-state index contributed by atoms with van der Waals surface area (Å²) >= 11 is 0. The van der Waals surface area contributed by atoms with Gasteiger partial charge >= 0.3 is 11.9 Å². The molecule has 0 amide bonds. The van der Waals surface area contributed by atoms with Gasteiger partial charge in [-0.05, 0) is 79.9 Å². The first-order valence-electron chi connectivity index (χ1n) is 13.1. The van der Waals surface area contributed by atoms with Crippen LogP contribution in [-0.2, 0) is 27.2 Å². The second kappa shape index (κ2) is 12.2. The average molecular weight is 491 g/mol. The minimum Gasteiger partial charge on any atom is -0.482 e. The number of esters is 1. The third kappa shape index (κ3) is 6.98. The van der Waals surface area contributed by atoms with Crippen LogP contribution < -0.4 is 4.74 Å². The Labute approximate surface area is 208 Å². The number of ether oxygens (including phenoxy) is 2. The molecule has 0 saturated heterocycles. The van der Waals surface area contributed by atoms with E-state index < -0.39 is 24.1 Å². The van der Waals surface area contributed by atoms with Crippen LogP contribution in [-0.4, -0.2) is 52.2 Å². The van der Waals surface area contributed by atoms with Crippen LogP contribution in [0.2, 0.25) is 0 Å². The molecular formula is C28H42O7. The molecule has 3 rings (SSSR count). The van der Waals surface area contributed by atoms with Gasteiger partial charge < -0.3 is 24.8 Å². The quantitative estimate of drug-likeness (QED) is 0.279. The van der Waals surface area contributed by atoms with Gasteiger partial charge in [-0.15, -0.1) is 0 Å². The normalized spacial score (nSPS) is 26.9. The molecule has 7 nitrogen and oxygen atoms in total. The van der Waals surface area contributed by atoms with E-state index in [-0.39, 0.29) is 24.5 Å². The fraction of sp³-hybridized carbons (Fsp3) is 0.714. The Hall–Kier alpha value is -2.12. The molecule has 196 valence electrons. The number of carboxylic acids is 1. The zero-order valence-corrected chi connectivity index (χ0v) is 21.4. The van der Waals surface area contributed by atoms with Gasteiger partial charge in [0.15, 0.2) is 6.61 Å². The number of benzene rings is 1.